The standard InChI is InChI=1S/C16H17NO2S/c1-11-5-2-3-6-14(11)19-10-16(18)17-13-9-12(13)15-7-4-8-20-15/h2-8,12-13H,9-10H2,1H3,(H,17,18). The Hall–Kier alpha value is -1.81. The lowest BCUT2D eigenvalue weighted by atomic mass is 10.2. The third kappa shape index (κ3) is 3.02. The van der Waals surface area contributed by atoms with Crippen LogP contribution in [-0.4, -0.2) is 18.6 Å². The highest BCUT2D eigenvalue weighted by molar-refractivity contribution is 7.10. The second kappa shape index (κ2) is 5.67. The zero-order valence-corrected chi connectivity index (χ0v) is 12.2. The van der Waals surface area contributed by atoms with E-state index in [1.807, 2.05) is 31.2 Å². The fraction of sp³-hybridized carbons (Fsp3) is 0.312. The molecule has 3 nitrogen and oxygen atoms in total. The van der Waals surface area contributed by atoms with Crippen molar-refractivity contribution in [3.63, 3.8) is 0 Å². The Kier molecular flexibility index (Phi) is 3.74. The van der Waals surface area contributed by atoms with Gasteiger partial charge < -0.3 is 10.1 Å². The topological polar surface area (TPSA) is 38.3 Å². The lowest BCUT2D eigenvalue weighted by Gasteiger charge is -2.09. The maximum atomic E-state index is 11.9. The van der Waals surface area contributed by atoms with Crippen LogP contribution in [0, 0.1) is 6.92 Å². The second-order valence-electron chi connectivity index (χ2n) is 5.09. The molecule has 20 heavy (non-hydrogen) atoms. The summed E-state index contributed by atoms with van der Waals surface area (Å²) < 4.78 is 5.54. The summed E-state index contributed by atoms with van der Waals surface area (Å²) in [4.78, 5) is 13.2. The predicted molar refractivity (Wildman–Crippen MR) is 80.3 cm³/mol. The Morgan fingerprint density at radius 2 is 2.20 bits per heavy atom. The highest BCUT2D eigenvalue weighted by Gasteiger charge is 2.40. The molecule has 1 aromatic heterocycles. The number of carbonyl (C=O) groups excluding carboxylic acids is 1. The molecule has 0 bridgehead atoms. The molecule has 4 heteroatoms. The quantitative estimate of drug-likeness (QED) is 0.917. The minimum absolute atomic E-state index is 0.0442. The Morgan fingerprint density at radius 3 is 2.95 bits per heavy atom. The van der Waals surface area contributed by atoms with E-state index >= 15 is 0 Å². The van der Waals surface area contributed by atoms with Gasteiger partial charge in [0.25, 0.3) is 5.91 Å². The normalized spacial score (nSPS) is 20.4. The van der Waals surface area contributed by atoms with E-state index in [0.29, 0.717) is 5.92 Å². The van der Waals surface area contributed by atoms with Crippen molar-refractivity contribution >= 4 is 17.2 Å². The van der Waals surface area contributed by atoms with Gasteiger partial charge in [-0.1, -0.05) is 24.3 Å². The molecule has 1 heterocycles. The molecule has 3 rings (SSSR count). The van der Waals surface area contributed by atoms with Crippen LogP contribution in [-0.2, 0) is 4.79 Å². The molecule has 1 aliphatic carbocycles. The summed E-state index contributed by atoms with van der Waals surface area (Å²) in [6.07, 6.45) is 1.04. The van der Waals surface area contributed by atoms with Crippen LogP contribution in [0.4, 0.5) is 0 Å². The van der Waals surface area contributed by atoms with E-state index in [1.165, 1.54) is 4.88 Å². The fourth-order valence-corrected chi connectivity index (χ4v) is 3.19. The Balaban J connectivity index is 1.46. The van der Waals surface area contributed by atoms with E-state index < -0.39 is 0 Å². The first-order valence-corrected chi connectivity index (χ1v) is 7.63. The maximum absolute atomic E-state index is 11.9. The fourth-order valence-electron chi connectivity index (χ4n) is 2.28. The number of ether oxygens (including phenoxy) is 1. The minimum Gasteiger partial charge on any atom is -0.484 e. The number of hydrogen-bond acceptors (Lipinski definition) is 3. The van der Waals surface area contributed by atoms with Crippen LogP contribution in [0.3, 0.4) is 0 Å². The van der Waals surface area contributed by atoms with Gasteiger partial charge >= 0.3 is 0 Å². The average Bonchev–Trinajstić information content (AvgIpc) is 2.99. The van der Waals surface area contributed by atoms with Gasteiger partial charge in [0.2, 0.25) is 0 Å². The van der Waals surface area contributed by atoms with Crippen molar-refractivity contribution in [1.29, 1.82) is 0 Å². The number of hydrogen-bond donors (Lipinski definition) is 1. The number of thiophene rings is 1. The lowest BCUT2D eigenvalue weighted by molar-refractivity contribution is -0.123. The first-order valence-electron chi connectivity index (χ1n) is 6.75. The van der Waals surface area contributed by atoms with E-state index in [1.54, 1.807) is 11.3 Å². The second-order valence-corrected chi connectivity index (χ2v) is 6.07. The van der Waals surface area contributed by atoms with Crippen LogP contribution in [0.25, 0.3) is 0 Å². The largest absolute Gasteiger partial charge is 0.484 e. The molecule has 1 aromatic carbocycles. The summed E-state index contributed by atoms with van der Waals surface area (Å²) in [5, 5.41) is 5.10. The van der Waals surface area contributed by atoms with Crippen molar-refractivity contribution in [3.8, 4) is 5.75 Å². The zero-order chi connectivity index (χ0) is 13.9. The van der Waals surface area contributed by atoms with E-state index in [2.05, 4.69) is 22.8 Å². The van der Waals surface area contributed by atoms with Crippen molar-refractivity contribution in [1.82, 2.24) is 5.32 Å². The summed E-state index contributed by atoms with van der Waals surface area (Å²) in [6, 6.07) is 12.2. The van der Waals surface area contributed by atoms with Gasteiger partial charge in [-0.05, 0) is 36.4 Å². The highest BCUT2D eigenvalue weighted by atomic mass is 32.1. The van der Waals surface area contributed by atoms with Crippen molar-refractivity contribution in [2.75, 3.05) is 6.61 Å². The molecule has 1 N–H and O–H groups in total. The number of nitrogens with one attached hydrogen (secondary N) is 1. The predicted octanol–water partition coefficient (Wildman–Crippen LogP) is 3.11. The van der Waals surface area contributed by atoms with Crippen LogP contribution in [0.1, 0.15) is 22.8 Å². The zero-order valence-electron chi connectivity index (χ0n) is 11.3. The number of amides is 1. The van der Waals surface area contributed by atoms with Crippen LogP contribution >= 0.6 is 11.3 Å². The summed E-state index contributed by atoms with van der Waals surface area (Å²) in [5.74, 6) is 1.22. The molecule has 1 saturated carbocycles. The monoisotopic (exact) mass is 287 g/mol. The van der Waals surface area contributed by atoms with Gasteiger partial charge in [-0.25, -0.2) is 0 Å². The van der Waals surface area contributed by atoms with Gasteiger partial charge in [0.15, 0.2) is 6.61 Å². The van der Waals surface area contributed by atoms with Gasteiger partial charge in [-0.3, -0.25) is 4.79 Å². The van der Waals surface area contributed by atoms with Gasteiger partial charge in [0.1, 0.15) is 5.75 Å². The molecule has 104 valence electrons. The van der Waals surface area contributed by atoms with Gasteiger partial charge in [0.05, 0.1) is 0 Å². The summed E-state index contributed by atoms with van der Waals surface area (Å²) in [6.45, 7) is 2.06. The number of benzene rings is 1. The van der Waals surface area contributed by atoms with Crippen LogP contribution in [0.2, 0.25) is 0 Å². The van der Waals surface area contributed by atoms with Crippen molar-refractivity contribution in [3.05, 3.63) is 52.2 Å². The number of aryl methyl sites for hydroxylation is 1. The molecular weight excluding hydrogens is 270 g/mol. The molecule has 2 aromatic rings. The summed E-state index contributed by atoms with van der Waals surface area (Å²) in [5.41, 5.74) is 1.04. The van der Waals surface area contributed by atoms with Crippen molar-refractivity contribution < 1.29 is 9.53 Å². The molecule has 0 spiro atoms. The summed E-state index contributed by atoms with van der Waals surface area (Å²) >= 11 is 1.75. The molecule has 1 fully saturated rings. The number of para-hydroxylation sites is 1. The smallest absolute Gasteiger partial charge is 0.258 e. The molecule has 0 aliphatic heterocycles. The van der Waals surface area contributed by atoms with Gasteiger partial charge in [-0.2, -0.15) is 0 Å². The molecule has 0 radical (unpaired) electrons. The molecule has 0 saturated heterocycles. The highest BCUT2D eigenvalue weighted by Crippen LogP contribution is 2.42. The summed E-state index contributed by atoms with van der Waals surface area (Å²) in [7, 11) is 0. The van der Waals surface area contributed by atoms with E-state index in [0.717, 1.165) is 17.7 Å². The van der Waals surface area contributed by atoms with Crippen molar-refractivity contribution in [2.24, 2.45) is 0 Å². The lowest BCUT2D eigenvalue weighted by Crippen LogP contribution is -2.31. The molecule has 2 unspecified atom stereocenters. The Labute approximate surface area is 122 Å². The van der Waals surface area contributed by atoms with E-state index in [9.17, 15) is 4.79 Å². The minimum atomic E-state index is -0.0442. The van der Waals surface area contributed by atoms with Gasteiger partial charge in [-0.15, -0.1) is 11.3 Å². The molecular formula is C16H17NO2S. The first kappa shape index (κ1) is 13.2. The van der Waals surface area contributed by atoms with E-state index in [-0.39, 0.29) is 18.6 Å². The molecule has 1 aliphatic rings. The third-order valence-electron chi connectivity index (χ3n) is 3.50. The SMILES string of the molecule is Cc1ccccc1OCC(=O)NC1CC1c1cccs1. The van der Waals surface area contributed by atoms with Crippen molar-refractivity contribution in [2.45, 2.75) is 25.3 Å². The number of rotatable bonds is 5. The van der Waals surface area contributed by atoms with Crippen LogP contribution in [0.5, 0.6) is 5.75 Å². The first-order chi connectivity index (χ1) is 9.74. The Bertz CT molecular complexity index is 594. The molecule has 2 atom stereocenters. The Morgan fingerprint density at radius 1 is 1.35 bits per heavy atom. The number of carbonyl (C=O) groups is 1. The van der Waals surface area contributed by atoms with Gasteiger partial charge in [0, 0.05) is 16.8 Å². The van der Waals surface area contributed by atoms with Crippen LogP contribution < -0.4 is 10.1 Å². The van der Waals surface area contributed by atoms with E-state index in [4.69, 9.17) is 4.74 Å². The average molecular weight is 287 g/mol. The third-order valence-corrected chi connectivity index (χ3v) is 4.50. The maximum Gasteiger partial charge on any atom is 0.258 e. The van der Waals surface area contributed by atoms with Crippen LogP contribution in [0.15, 0.2) is 41.8 Å². The molecule has 1 amide bonds.